The van der Waals surface area contributed by atoms with E-state index in [0.717, 1.165) is 10.8 Å². The summed E-state index contributed by atoms with van der Waals surface area (Å²) in [6.45, 7) is 0. The van der Waals surface area contributed by atoms with Gasteiger partial charge in [0, 0.05) is 29.1 Å². The lowest BCUT2D eigenvalue weighted by Gasteiger charge is -2.13. The third-order valence-electron chi connectivity index (χ3n) is 4.64. The fourth-order valence-electron chi connectivity index (χ4n) is 3.20. The van der Waals surface area contributed by atoms with E-state index in [2.05, 4.69) is 20.6 Å². The number of ether oxygens (including phenoxy) is 3. The van der Waals surface area contributed by atoms with Crippen molar-refractivity contribution in [2.45, 2.75) is 0 Å². The molecule has 0 spiro atoms. The van der Waals surface area contributed by atoms with Crippen molar-refractivity contribution in [2.75, 3.05) is 24.9 Å². The highest BCUT2D eigenvalue weighted by atomic mass is 16.5. The number of amides is 2. The molecule has 0 atom stereocenters. The van der Waals surface area contributed by atoms with Crippen LogP contribution in [-0.4, -0.2) is 30.2 Å². The average Bonchev–Trinajstić information content (AvgIpc) is 2.81. The van der Waals surface area contributed by atoms with Crippen LogP contribution in [0.4, 0.5) is 22.1 Å². The van der Waals surface area contributed by atoms with Crippen LogP contribution in [0.3, 0.4) is 0 Å². The molecule has 4 rings (SSSR count). The van der Waals surface area contributed by atoms with E-state index < -0.39 is 6.03 Å². The lowest BCUT2D eigenvalue weighted by molar-refractivity contribution is 0.259. The second-order valence-corrected chi connectivity index (χ2v) is 6.66. The SMILES string of the molecule is COc1ccc(Nc2nccc(Oc3ccc(NC(N)=O)c4ccccc34)n2)c(OC)c1. The summed E-state index contributed by atoms with van der Waals surface area (Å²) in [6, 6.07) is 17.4. The first-order valence-corrected chi connectivity index (χ1v) is 9.65. The molecule has 0 bridgehead atoms. The van der Waals surface area contributed by atoms with Crippen LogP contribution >= 0.6 is 0 Å². The zero-order chi connectivity index (χ0) is 22.5. The van der Waals surface area contributed by atoms with Crippen LogP contribution in [0.1, 0.15) is 0 Å². The summed E-state index contributed by atoms with van der Waals surface area (Å²) in [5.74, 6) is 2.51. The lowest BCUT2D eigenvalue weighted by atomic mass is 10.1. The molecule has 0 aliphatic heterocycles. The third kappa shape index (κ3) is 4.46. The minimum absolute atomic E-state index is 0.335. The summed E-state index contributed by atoms with van der Waals surface area (Å²) < 4.78 is 16.7. The highest BCUT2D eigenvalue weighted by Gasteiger charge is 2.11. The quantitative estimate of drug-likeness (QED) is 0.389. The molecule has 0 aliphatic carbocycles. The predicted octanol–water partition coefficient (Wildman–Crippen LogP) is 4.67. The van der Waals surface area contributed by atoms with Gasteiger partial charge in [0.25, 0.3) is 0 Å². The lowest BCUT2D eigenvalue weighted by Crippen LogP contribution is -2.19. The van der Waals surface area contributed by atoms with Gasteiger partial charge in [-0.2, -0.15) is 4.98 Å². The number of hydrogen-bond acceptors (Lipinski definition) is 7. The van der Waals surface area contributed by atoms with Crippen LogP contribution < -0.4 is 30.6 Å². The highest BCUT2D eigenvalue weighted by molar-refractivity contribution is 6.03. The Bertz CT molecular complexity index is 1280. The van der Waals surface area contributed by atoms with Gasteiger partial charge < -0.3 is 30.6 Å². The van der Waals surface area contributed by atoms with Crippen molar-refractivity contribution in [1.82, 2.24) is 9.97 Å². The molecule has 9 nitrogen and oxygen atoms in total. The predicted molar refractivity (Wildman–Crippen MR) is 122 cm³/mol. The molecule has 9 heteroatoms. The molecular formula is C23H21N5O4. The standard InChI is InChI=1S/C23H21N5O4/c1-30-14-7-8-18(20(13-14)31-2)27-23-25-12-11-21(28-23)32-19-10-9-17(26-22(24)29)15-5-3-4-6-16(15)19/h3-13H,1-2H3,(H3,24,26,29)(H,25,27,28). The zero-order valence-electron chi connectivity index (χ0n) is 17.5. The number of carbonyl (C=O) groups excluding carboxylic acids is 1. The number of benzene rings is 3. The van der Waals surface area contributed by atoms with Crippen LogP contribution in [0.2, 0.25) is 0 Å². The van der Waals surface area contributed by atoms with Gasteiger partial charge in [0.15, 0.2) is 0 Å². The van der Waals surface area contributed by atoms with Crippen molar-refractivity contribution in [3.05, 3.63) is 66.9 Å². The molecule has 4 aromatic rings. The summed E-state index contributed by atoms with van der Waals surface area (Å²) in [4.78, 5) is 20.0. The van der Waals surface area contributed by atoms with Crippen molar-refractivity contribution < 1.29 is 19.0 Å². The monoisotopic (exact) mass is 431 g/mol. The number of nitrogens with zero attached hydrogens (tertiary/aromatic N) is 2. The maximum atomic E-state index is 11.3. The molecular weight excluding hydrogens is 410 g/mol. The van der Waals surface area contributed by atoms with Gasteiger partial charge in [-0.15, -0.1) is 0 Å². The van der Waals surface area contributed by atoms with Crippen molar-refractivity contribution in [3.63, 3.8) is 0 Å². The minimum Gasteiger partial charge on any atom is -0.497 e. The van der Waals surface area contributed by atoms with Crippen molar-refractivity contribution >= 4 is 34.1 Å². The Morgan fingerprint density at radius 2 is 1.69 bits per heavy atom. The Hall–Kier alpha value is -4.53. The number of primary amides is 1. The van der Waals surface area contributed by atoms with Crippen LogP contribution in [0, 0.1) is 0 Å². The molecule has 32 heavy (non-hydrogen) atoms. The number of aromatic nitrogens is 2. The van der Waals surface area contributed by atoms with E-state index in [-0.39, 0.29) is 0 Å². The Morgan fingerprint density at radius 1 is 0.906 bits per heavy atom. The summed E-state index contributed by atoms with van der Waals surface area (Å²) in [7, 11) is 3.16. The number of rotatable bonds is 7. The van der Waals surface area contributed by atoms with Crippen LogP contribution in [-0.2, 0) is 0 Å². The van der Waals surface area contributed by atoms with Crippen molar-refractivity contribution in [2.24, 2.45) is 5.73 Å². The number of nitrogens with one attached hydrogen (secondary N) is 2. The number of hydrogen-bond donors (Lipinski definition) is 3. The number of fused-ring (bicyclic) bond motifs is 1. The molecule has 3 aromatic carbocycles. The van der Waals surface area contributed by atoms with Gasteiger partial charge >= 0.3 is 6.03 Å². The molecule has 0 radical (unpaired) electrons. The zero-order valence-corrected chi connectivity index (χ0v) is 17.5. The molecule has 0 fully saturated rings. The summed E-state index contributed by atoms with van der Waals surface area (Å²) in [6.07, 6.45) is 1.59. The van der Waals surface area contributed by atoms with Gasteiger partial charge in [0.2, 0.25) is 11.8 Å². The fraction of sp³-hybridized carbons (Fsp3) is 0.0870. The van der Waals surface area contributed by atoms with Gasteiger partial charge in [-0.05, 0) is 24.3 Å². The van der Waals surface area contributed by atoms with Gasteiger partial charge in [-0.25, -0.2) is 9.78 Å². The molecule has 0 unspecified atom stereocenters. The van der Waals surface area contributed by atoms with E-state index in [9.17, 15) is 4.79 Å². The number of anilines is 3. The van der Waals surface area contributed by atoms with Gasteiger partial charge in [0.1, 0.15) is 17.2 Å². The number of nitrogens with two attached hydrogens (primary N) is 1. The first kappa shape index (κ1) is 20.7. The maximum absolute atomic E-state index is 11.3. The van der Waals surface area contributed by atoms with E-state index in [1.807, 2.05) is 30.3 Å². The molecule has 0 saturated carbocycles. The summed E-state index contributed by atoms with van der Waals surface area (Å²) in [5.41, 5.74) is 6.55. The number of carbonyl (C=O) groups is 1. The van der Waals surface area contributed by atoms with Gasteiger partial charge in [-0.3, -0.25) is 0 Å². The van der Waals surface area contributed by atoms with Crippen LogP contribution in [0.15, 0.2) is 66.9 Å². The molecule has 0 aliphatic rings. The highest BCUT2D eigenvalue weighted by Crippen LogP contribution is 2.35. The molecule has 0 saturated heterocycles. The third-order valence-corrected chi connectivity index (χ3v) is 4.64. The second kappa shape index (κ2) is 9.09. The van der Waals surface area contributed by atoms with Crippen LogP contribution in [0.25, 0.3) is 10.8 Å². The summed E-state index contributed by atoms with van der Waals surface area (Å²) in [5, 5.41) is 7.33. The maximum Gasteiger partial charge on any atom is 0.316 e. The van der Waals surface area contributed by atoms with E-state index in [1.165, 1.54) is 0 Å². The van der Waals surface area contributed by atoms with E-state index in [0.29, 0.717) is 40.5 Å². The number of methoxy groups -OCH3 is 2. The van der Waals surface area contributed by atoms with Gasteiger partial charge in [0.05, 0.1) is 25.6 Å². The second-order valence-electron chi connectivity index (χ2n) is 6.66. The summed E-state index contributed by atoms with van der Waals surface area (Å²) >= 11 is 0. The Labute approximate surface area is 184 Å². The molecule has 4 N–H and O–H groups in total. The van der Waals surface area contributed by atoms with Crippen molar-refractivity contribution in [3.8, 4) is 23.1 Å². The van der Waals surface area contributed by atoms with Crippen LogP contribution in [0.5, 0.6) is 23.1 Å². The first-order valence-electron chi connectivity index (χ1n) is 9.65. The Kier molecular flexibility index (Phi) is 5.89. The normalized spacial score (nSPS) is 10.4. The van der Waals surface area contributed by atoms with E-state index in [4.69, 9.17) is 19.9 Å². The molecule has 162 valence electrons. The molecule has 1 aromatic heterocycles. The topological polar surface area (TPSA) is 121 Å². The number of urea groups is 1. The first-order chi connectivity index (χ1) is 15.6. The average molecular weight is 431 g/mol. The van der Waals surface area contributed by atoms with E-state index >= 15 is 0 Å². The largest absolute Gasteiger partial charge is 0.497 e. The smallest absolute Gasteiger partial charge is 0.316 e. The fourth-order valence-corrected chi connectivity index (χ4v) is 3.20. The Balaban J connectivity index is 1.61. The Morgan fingerprint density at radius 3 is 2.44 bits per heavy atom. The molecule has 1 heterocycles. The molecule has 2 amide bonds. The van der Waals surface area contributed by atoms with E-state index in [1.54, 1.807) is 50.7 Å². The van der Waals surface area contributed by atoms with Gasteiger partial charge in [-0.1, -0.05) is 24.3 Å². The minimum atomic E-state index is -0.635. The van der Waals surface area contributed by atoms with Crippen molar-refractivity contribution in [1.29, 1.82) is 0 Å².